The number of hydrogen-bond acceptors (Lipinski definition) is 4. The summed E-state index contributed by atoms with van der Waals surface area (Å²) in [5.74, 6) is 0.575. The molecule has 1 fully saturated rings. The van der Waals surface area contributed by atoms with Crippen LogP contribution in [0.2, 0.25) is 10.0 Å². The normalized spacial score (nSPS) is 17.1. The molecule has 0 aliphatic carbocycles. The van der Waals surface area contributed by atoms with E-state index < -0.39 is 5.60 Å². The largest absolute Gasteiger partial charge is 0.490 e. The van der Waals surface area contributed by atoms with E-state index in [0.717, 1.165) is 16.7 Å². The number of hydrogen-bond donors (Lipinski definition) is 0. The van der Waals surface area contributed by atoms with E-state index in [1.54, 1.807) is 29.0 Å². The summed E-state index contributed by atoms with van der Waals surface area (Å²) in [6.07, 6.45) is 1.06. The summed E-state index contributed by atoms with van der Waals surface area (Å²) >= 11 is 12.2. The Balaban J connectivity index is 1.47. The van der Waals surface area contributed by atoms with E-state index in [2.05, 4.69) is 0 Å². The number of amides is 2. The van der Waals surface area contributed by atoms with Gasteiger partial charge in [0.2, 0.25) is 11.8 Å². The zero-order chi connectivity index (χ0) is 27.8. The van der Waals surface area contributed by atoms with Gasteiger partial charge in [-0.3, -0.25) is 9.59 Å². The summed E-state index contributed by atoms with van der Waals surface area (Å²) in [4.78, 5) is 30.1. The molecule has 3 aromatic rings. The molecule has 1 unspecified atom stereocenters. The van der Waals surface area contributed by atoms with E-state index in [1.807, 2.05) is 67.6 Å². The van der Waals surface area contributed by atoms with Crippen molar-refractivity contribution in [2.75, 3.05) is 33.4 Å². The van der Waals surface area contributed by atoms with Crippen LogP contribution in [0.1, 0.15) is 29.5 Å². The topological polar surface area (TPSA) is 59.1 Å². The van der Waals surface area contributed by atoms with Gasteiger partial charge in [-0.1, -0.05) is 65.7 Å². The van der Waals surface area contributed by atoms with E-state index in [9.17, 15) is 9.59 Å². The van der Waals surface area contributed by atoms with Crippen LogP contribution >= 0.6 is 23.2 Å². The number of morpholine rings is 1. The Hall–Kier alpha value is -3.06. The van der Waals surface area contributed by atoms with Crippen molar-refractivity contribution >= 4 is 35.0 Å². The van der Waals surface area contributed by atoms with Crippen molar-refractivity contribution in [2.45, 2.75) is 38.3 Å². The van der Waals surface area contributed by atoms with Crippen LogP contribution in [0.25, 0.3) is 0 Å². The van der Waals surface area contributed by atoms with Crippen LogP contribution in [-0.4, -0.2) is 60.6 Å². The summed E-state index contributed by atoms with van der Waals surface area (Å²) in [6, 6.07) is 22.8. The Morgan fingerprint density at radius 1 is 1.03 bits per heavy atom. The molecular formula is C31H34Cl2N2O4. The molecule has 1 saturated heterocycles. The maximum atomic E-state index is 13.4. The molecule has 0 radical (unpaired) electrons. The number of ether oxygens (including phenoxy) is 2. The van der Waals surface area contributed by atoms with Gasteiger partial charge in [0.1, 0.15) is 18.0 Å². The molecule has 2 amide bonds. The standard InChI is InChI=1S/C31H34Cl2N2O4/c1-23-18-27(13-14-28(23)33)38-22-31(19-30(37)34(2)20-25-6-4-3-5-7-25)21-35(16-17-39-31)29(36)15-10-24-8-11-26(32)12-9-24/h3-9,11-14,18H,10,15-17,19-22H2,1-2H3. The number of carbonyl (C=O) groups excluding carboxylic acids is 2. The van der Waals surface area contributed by atoms with Crippen molar-refractivity contribution in [1.82, 2.24) is 9.80 Å². The minimum atomic E-state index is -0.982. The third kappa shape index (κ3) is 8.21. The van der Waals surface area contributed by atoms with E-state index in [-0.39, 0.29) is 31.4 Å². The van der Waals surface area contributed by atoms with Crippen molar-refractivity contribution in [2.24, 2.45) is 0 Å². The summed E-state index contributed by atoms with van der Waals surface area (Å²) < 4.78 is 12.4. The zero-order valence-electron chi connectivity index (χ0n) is 22.4. The van der Waals surface area contributed by atoms with Gasteiger partial charge in [0.25, 0.3) is 0 Å². The molecule has 0 spiro atoms. The van der Waals surface area contributed by atoms with Crippen LogP contribution < -0.4 is 4.74 Å². The van der Waals surface area contributed by atoms with Crippen LogP contribution in [0, 0.1) is 6.92 Å². The zero-order valence-corrected chi connectivity index (χ0v) is 23.9. The molecule has 0 saturated carbocycles. The highest BCUT2D eigenvalue weighted by molar-refractivity contribution is 6.31. The highest BCUT2D eigenvalue weighted by Gasteiger charge is 2.42. The number of carbonyl (C=O) groups is 2. The minimum absolute atomic E-state index is 0.0186. The maximum absolute atomic E-state index is 13.4. The first-order valence-electron chi connectivity index (χ1n) is 13.1. The SMILES string of the molecule is Cc1cc(OCC2(CC(=O)N(C)Cc3ccccc3)CN(C(=O)CCc3ccc(Cl)cc3)CCO2)ccc1Cl. The number of nitrogens with zero attached hydrogens (tertiary/aromatic N) is 2. The Kier molecular flexibility index (Phi) is 9.89. The van der Waals surface area contributed by atoms with Gasteiger partial charge < -0.3 is 19.3 Å². The predicted molar refractivity (Wildman–Crippen MR) is 154 cm³/mol. The van der Waals surface area contributed by atoms with Crippen molar-refractivity contribution in [3.63, 3.8) is 0 Å². The Morgan fingerprint density at radius 2 is 1.77 bits per heavy atom. The lowest BCUT2D eigenvalue weighted by Gasteiger charge is -2.42. The minimum Gasteiger partial charge on any atom is -0.490 e. The molecule has 3 aromatic carbocycles. The fourth-order valence-corrected chi connectivity index (χ4v) is 4.88. The van der Waals surface area contributed by atoms with Gasteiger partial charge in [0.05, 0.1) is 19.6 Å². The second-order valence-electron chi connectivity index (χ2n) is 10.1. The number of aryl methyl sites for hydroxylation is 2. The molecule has 1 aliphatic heterocycles. The van der Waals surface area contributed by atoms with Gasteiger partial charge in [-0.05, 0) is 60.4 Å². The molecule has 6 nitrogen and oxygen atoms in total. The molecule has 8 heteroatoms. The highest BCUT2D eigenvalue weighted by atomic mass is 35.5. The van der Waals surface area contributed by atoms with E-state index >= 15 is 0 Å². The summed E-state index contributed by atoms with van der Waals surface area (Å²) in [7, 11) is 1.78. The first-order chi connectivity index (χ1) is 18.7. The Morgan fingerprint density at radius 3 is 2.49 bits per heavy atom. The molecule has 1 aliphatic rings. The van der Waals surface area contributed by atoms with E-state index in [1.165, 1.54) is 0 Å². The molecule has 1 atom stereocenters. The van der Waals surface area contributed by atoms with Gasteiger partial charge in [0, 0.05) is 36.6 Å². The lowest BCUT2D eigenvalue weighted by Crippen LogP contribution is -2.58. The average Bonchev–Trinajstić information content (AvgIpc) is 2.94. The molecular weight excluding hydrogens is 535 g/mol. The summed E-state index contributed by atoms with van der Waals surface area (Å²) in [5, 5.41) is 1.32. The van der Waals surface area contributed by atoms with Gasteiger partial charge in [-0.25, -0.2) is 0 Å². The number of rotatable bonds is 10. The molecule has 0 aromatic heterocycles. The van der Waals surface area contributed by atoms with E-state index in [4.69, 9.17) is 32.7 Å². The average molecular weight is 570 g/mol. The molecule has 4 rings (SSSR count). The molecule has 0 bridgehead atoms. The monoisotopic (exact) mass is 568 g/mol. The van der Waals surface area contributed by atoms with Gasteiger partial charge in [0.15, 0.2) is 0 Å². The predicted octanol–water partition coefficient (Wildman–Crippen LogP) is 5.96. The lowest BCUT2D eigenvalue weighted by molar-refractivity contribution is -0.165. The second kappa shape index (κ2) is 13.3. The van der Waals surface area contributed by atoms with Crippen molar-refractivity contribution in [1.29, 1.82) is 0 Å². The maximum Gasteiger partial charge on any atom is 0.225 e. The fraction of sp³-hybridized carbons (Fsp3) is 0.355. The first-order valence-corrected chi connectivity index (χ1v) is 13.8. The Labute approximate surface area is 240 Å². The highest BCUT2D eigenvalue weighted by Crippen LogP contribution is 2.28. The van der Waals surface area contributed by atoms with Crippen LogP contribution in [0.3, 0.4) is 0 Å². The van der Waals surface area contributed by atoms with Gasteiger partial charge in [-0.2, -0.15) is 0 Å². The quantitative estimate of drug-likeness (QED) is 0.303. The van der Waals surface area contributed by atoms with Gasteiger partial charge in [-0.15, -0.1) is 0 Å². The van der Waals surface area contributed by atoms with E-state index in [0.29, 0.717) is 48.3 Å². The van der Waals surface area contributed by atoms with Crippen LogP contribution in [-0.2, 0) is 27.3 Å². The van der Waals surface area contributed by atoms with Crippen LogP contribution in [0.15, 0.2) is 72.8 Å². The molecule has 0 N–H and O–H groups in total. The second-order valence-corrected chi connectivity index (χ2v) is 10.9. The number of halogens is 2. The van der Waals surface area contributed by atoms with Crippen LogP contribution in [0.5, 0.6) is 5.75 Å². The van der Waals surface area contributed by atoms with Crippen molar-refractivity contribution < 1.29 is 19.1 Å². The number of benzene rings is 3. The summed E-state index contributed by atoms with van der Waals surface area (Å²) in [6.45, 7) is 3.58. The van der Waals surface area contributed by atoms with Crippen LogP contribution in [0.4, 0.5) is 0 Å². The smallest absolute Gasteiger partial charge is 0.225 e. The lowest BCUT2D eigenvalue weighted by atomic mass is 9.96. The first kappa shape index (κ1) is 28.9. The fourth-order valence-electron chi connectivity index (χ4n) is 4.64. The van der Waals surface area contributed by atoms with Gasteiger partial charge >= 0.3 is 0 Å². The van der Waals surface area contributed by atoms with Crippen molar-refractivity contribution in [3.05, 3.63) is 99.5 Å². The third-order valence-electron chi connectivity index (χ3n) is 6.93. The molecule has 206 valence electrons. The summed E-state index contributed by atoms with van der Waals surface area (Å²) in [5.41, 5.74) is 2.00. The van der Waals surface area contributed by atoms with Crippen molar-refractivity contribution in [3.8, 4) is 5.75 Å². The molecule has 39 heavy (non-hydrogen) atoms. The third-order valence-corrected chi connectivity index (χ3v) is 7.61. The Bertz CT molecular complexity index is 1270. The molecule has 1 heterocycles.